The smallest absolute Gasteiger partial charge is 0.254 e. The van der Waals surface area contributed by atoms with E-state index in [0.29, 0.717) is 22.3 Å². The zero-order valence-electron chi connectivity index (χ0n) is 9.63. The number of carbonyl (C=O) groups excluding carboxylic acids is 2. The average molecular weight is 233 g/mol. The van der Waals surface area contributed by atoms with Crippen LogP contribution in [0.4, 0.5) is 4.39 Å². The molecule has 0 unspecified atom stereocenters. The van der Waals surface area contributed by atoms with Crippen molar-refractivity contribution in [2.45, 2.75) is 20.3 Å². The predicted molar refractivity (Wildman–Crippen MR) is 61.5 cm³/mol. The van der Waals surface area contributed by atoms with Gasteiger partial charge in [-0.1, -0.05) is 12.1 Å². The van der Waals surface area contributed by atoms with Crippen LogP contribution in [0.15, 0.2) is 23.8 Å². The Hall–Kier alpha value is -1.97. The highest BCUT2D eigenvalue weighted by Crippen LogP contribution is 2.24. The maximum Gasteiger partial charge on any atom is 0.254 e. The first-order chi connectivity index (χ1) is 7.99. The van der Waals surface area contributed by atoms with Gasteiger partial charge in [0.1, 0.15) is 5.82 Å². The molecule has 1 heterocycles. The molecule has 17 heavy (non-hydrogen) atoms. The van der Waals surface area contributed by atoms with E-state index in [2.05, 4.69) is 5.32 Å². The summed E-state index contributed by atoms with van der Waals surface area (Å²) in [7, 11) is 0. The van der Waals surface area contributed by atoms with Gasteiger partial charge < -0.3 is 0 Å². The second kappa shape index (κ2) is 4.13. The van der Waals surface area contributed by atoms with Gasteiger partial charge in [-0.2, -0.15) is 0 Å². The number of hydrogen-bond acceptors (Lipinski definition) is 2. The number of benzene rings is 1. The first kappa shape index (κ1) is 11.5. The molecule has 2 rings (SSSR count). The number of rotatable bonds is 1. The van der Waals surface area contributed by atoms with Crippen LogP contribution in [-0.2, 0) is 9.59 Å². The summed E-state index contributed by atoms with van der Waals surface area (Å²) < 4.78 is 13.4. The molecule has 0 aliphatic carbocycles. The Bertz CT molecular complexity index is 546. The van der Waals surface area contributed by atoms with Gasteiger partial charge in [0, 0.05) is 5.57 Å². The summed E-state index contributed by atoms with van der Waals surface area (Å²) in [4.78, 5) is 22.5. The average Bonchev–Trinajstić information content (AvgIpc) is 2.61. The Morgan fingerprint density at radius 2 is 2.06 bits per heavy atom. The van der Waals surface area contributed by atoms with Crippen LogP contribution in [0, 0.1) is 12.7 Å². The van der Waals surface area contributed by atoms with Gasteiger partial charge in [-0.25, -0.2) is 4.39 Å². The zero-order chi connectivity index (χ0) is 12.6. The predicted octanol–water partition coefficient (Wildman–Crippen LogP) is 1.95. The van der Waals surface area contributed by atoms with Crippen LogP contribution >= 0.6 is 0 Å². The second-order valence-corrected chi connectivity index (χ2v) is 4.12. The van der Waals surface area contributed by atoms with E-state index >= 15 is 0 Å². The summed E-state index contributed by atoms with van der Waals surface area (Å²) in [6, 6.07) is 4.79. The first-order valence-corrected chi connectivity index (χ1v) is 5.29. The quantitative estimate of drug-likeness (QED) is 0.595. The molecule has 1 aromatic rings. The summed E-state index contributed by atoms with van der Waals surface area (Å²) >= 11 is 0. The summed E-state index contributed by atoms with van der Waals surface area (Å²) in [6.07, 6.45) is 0.0696. The lowest BCUT2D eigenvalue weighted by Gasteiger charge is -2.05. The summed E-state index contributed by atoms with van der Waals surface area (Å²) in [5, 5.41) is 2.21. The summed E-state index contributed by atoms with van der Waals surface area (Å²) in [5.41, 5.74) is 2.25. The van der Waals surface area contributed by atoms with Crippen LogP contribution in [0.1, 0.15) is 24.5 Å². The van der Waals surface area contributed by atoms with Crippen molar-refractivity contribution in [3.8, 4) is 0 Å². The standard InChI is InChI=1S/C13H12FNO2/c1-7-3-4-9(5-11(7)14)8(2)10-6-12(16)15-13(10)17/h3-5H,6H2,1-2H3,(H,15,16,17). The Balaban J connectivity index is 2.46. The Morgan fingerprint density at radius 3 is 2.59 bits per heavy atom. The molecule has 1 aliphatic rings. The number of hydrogen-bond donors (Lipinski definition) is 1. The number of aryl methyl sites for hydroxylation is 1. The molecule has 1 fully saturated rings. The monoisotopic (exact) mass is 233 g/mol. The number of carbonyl (C=O) groups is 2. The minimum atomic E-state index is -0.381. The molecule has 1 N–H and O–H groups in total. The minimum Gasteiger partial charge on any atom is -0.292 e. The molecule has 1 saturated heterocycles. The molecule has 0 atom stereocenters. The highest BCUT2D eigenvalue weighted by molar-refractivity contribution is 6.17. The second-order valence-electron chi connectivity index (χ2n) is 4.12. The van der Waals surface area contributed by atoms with E-state index in [0.717, 1.165) is 0 Å². The van der Waals surface area contributed by atoms with Crippen molar-refractivity contribution in [2.75, 3.05) is 0 Å². The van der Waals surface area contributed by atoms with Crippen LogP contribution in [0.2, 0.25) is 0 Å². The van der Waals surface area contributed by atoms with E-state index in [1.165, 1.54) is 6.07 Å². The number of imide groups is 1. The minimum absolute atomic E-state index is 0.0696. The molecule has 88 valence electrons. The van der Waals surface area contributed by atoms with E-state index < -0.39 is 0 Å². The molecule has 0 radical (unpaired) electrons. The van der Waals surface area contributed by atoms with Crippen molar-refractivity contribution in [3.63, 3.8) is 0 Å². The van der Waals surface area contributed by atoms with E-state index in [1.54, 1.807) is 26.0 Å². The normalized spacial score (nSPS) is 18.3. The maximum atomic E-state index is 13.4. The van der Waals surface area contributed by atoms with Crippen LogP contribution in [0.25, 0.3) is 5.57 Å². The molecular weight excluding hydrogens is 221 g/mol. The molecule has 1 aliphatic heterocycles. The molecule has 1 aromatic carbocycles. The van der Waals surface area contributed by atoms with E-state index in [-0.39, 0.29) is 24.1 Å². The van der Waals surface area contributed by atoms with Gasteiger partial charge in [0.05, 0.1) is 6.42 Å². The fourth-order valence-corrected chi connectivity index (χ4v) is 1.79. The van der Waals surface area contributed by atoms with Crippen molar-refractivity contribution < 1.29 is 14.0 Å². The lowest BCUT2D eigenvalue weighted by molar-refractivity contribution is -0.124. The topological polar surface area (TPSA) is 46.2 Å². The van der Waals surface area contributed by atoms with Gasteiger partial charge in [-0.05, 0) is 36.6 Å². The Morgan fingerprint density at radius 1 is 1.35 bits per heavy atom. The number of amides is 2. The fraction of sp³-hybridized carbons (Fsp3) is 0.231. The molecule has 0 spiro atoms. The maximum absolute atomic E-state index is 13.4. The van der Waals surface area contributed by atoms with Gasteiger partial charge in [-0.3, -0.25) is 14.9 Å². The van der Waals surface area contributed by atoms with E-state index in [4.69, 9.17) is 0 Å². The van der Waals surface area contributed by atoms with Gasteiger partial charge in [0.15, 0.2) is 0 Å². The largest absolute Gasteiger partial charge is 0.292 e. The highest BCUT2D eigenvalue weighted by atomic mass is 19.1. The SMILES string of the molecule is CC(=C1CC(=O)NC1=O)c1ccc(C)c(F)c1. The zero-order valence-corrected chi connectivity index (χ0v) is 9.63. The third-order valence-electron chi connectivity index (χ3n) is 2.92. The number of nitrogens with one attached hydrogen (secondary N) is 1. The third kappa shape index (κ3) is 2.11. The molecule has 0 aromatic heterocycles. The van der Waals surface area contributed by atoms with Gasteiger partial charge in [-0.15, -0.1) is 0 Å². The Labute approximate surface area is 98.3 Å². The molecule has 4 heteroatoms. The van der Waals surface area contributed by atoms with Crippen molar-refractivity contribution in [1.29, 1.82) is 0 Å². The molecule has 0 saturated carbocycles. The Kier molecular flexibility index (Phi) is 2.79. The van der Waals surface area contributed by atoms with Crippen LogP contribution in [-0.4, -0.2) is 11.8 Å². The summed E-state index contributed by atoms with van der Waals surface area (Å²) in [5.74, 6) is -1.00. The number of halogens is 1. The molecule has 0 bridgehead atoms. The number of allylic oxidation sites excluding steroid dienone is 1. The molecular formula is C13H12FNO2. The van der Waals surface area contributed by atoms with Crippen LogP contribution in [0.3, 0.4) is 0 Å². The van der Waals surface area contributed by atoms with Crippen LogP contribution in [0.5, 0.6) is 0 Å². The lowest BCUT2D eigenvalue weighted by Crippen LogP contribution is -2.19. The van der Waals surface area contributed by atoms with Crippen molar-refractivity contribution in [1.82, 2.24) is 5.32 Å². The highest BCUT2D eigenvalue weighted by Gasteiger charge is 2.26. The fourth-order valence-electron chi connectivity index (χ4n) is 1.79. The van der Waals surface area contributed by atoms with E-state index in [9.17, 15) is 14.0 Å². The van der Waals surface area contributed by atoms with Crippen molar-refractivity contribution >= 4 is 17.4 Å². The van der Waals surface area contributed by atoms with Gasteiger partial charge >= 0.3 is 0 Å². The van der Waals surface area contributed by atoms with Gasteiger partial charge in [0.2, 0.25) is 5.91 Å². The van der Waals surface area contributed by atoms with Gasteiger partial charge in [0.25, 0.3) is 5.91 Å². The third-order valence-corrected chi connectivity index (χ3v) is 2.92. The molecule has 3 nitrogen and oxygen atoms in total. The van der Waals surface area contributed by atoms with Crippen molar-refractivity contribution in [3.05, 3.63) is 40.7 Å². The first-order valence-electron chi connectivity index (χ1n) is 5.29. The van der Waals surface area contributed by atoms with Crippen molar-refractivity contribution in [2.24, 2.45) is 0 Å². The molecule has 2 amide bonds. The van der Waals surface area contributed by atoms with Crippen LogP contribution < -0.4 is 5.32 Å². The summed E-state index contributed by atoms with van der Waals surface area (Å²) in [6.45, 7) is 3.39. The van der Waals surface area contributed by atoms with E-state index in [1.807, 2.05) is 0 Å². The lowest BCUT2D eigenvalue weighted by atomic mass is 9.99.